The summed E-state index contributed by atoms with van der Waals surface area (Å²) in [4.78, 5) is 5.97. The lowest BCUT2D eigenvalue weighted by molar-refractivity contribution is 0.362. The van der Waals surface area contributed by atoms with Gasteiger partial charge in [0.05, 0.1) is 14.5 Å². The lowest BCUT2D eigenvalue weighted by atomic mass is 9.77. The number of likely N-dealkylation sites (tertiary alicyclic amines) is 1. The van der Waals surface area contributed by atoms with Crippen molar-refractivity contribution in [3.05, 3.63) is 35.5 Å². The number of aromatic nitrogens is 1. The quantitative estimate of drug-likeness (QED) is 0.848. The predicted octanol–water partition coefficient (Wildman–Crippen LogP) is 3.76. The van der Waals surface area contributed by atoms with Crippen LogP contribution in [-0.4, -0.2) is 36.3 Å². The van der Waals surface area contributed by atoms with Crippen LogP contribution in [-0.2, 0) is 11.6 Å². The molecule has 1 aromatic heterocycles. The number of likely N-dealkylation sites (N-methyl/N-ethyl adjacent to an activating group) is 1. The van der Waals surface area contributed by atoms with Crippen LogP contribution >= 0.6 is 8.20 Å². The number of benzene rings is 1. The van der Waals surface area contributed by atoms with E-state index in [2.05, 4.69) is 54.6 Å². The molecular formula is C17H24N2P+. The van der Waals surface area contributed by atoms with Crippen LogP contribution in [0.5, 0.6) is 0 Å². The Labute approximate surface area is 123 Å². The van der Waals surface area contributed by atoms with E-state index in [0.717, 1.165) is 14.4 Å². The van der Waals surface area contributed by atoms with Gasteiger partial charge >= 0.3 is 0 Å². The van der Waals surface area contributed by atoms with E-state index in [9.17, 15) is 0 Å². The maximum atomic E-state index is 4.06. The zero-order valence-corrected chi connectivity index (χ0v) is 13.5. The molecule has 2 aromatic rings. The summed E-state index contributed by atoms with van der Waals surface area (Å²) >= 11 is 0. The molecule has 0 saturated carbocycles. The average Bonchev–Trinajstić information content (AvgIpc) is 3.04. The van der Waals surface area contributed by atoms with Gasteiger partial charge in [-0.3, -0.25) is 0 Å². The van der Waals surface area contributed by atoms with Crippen LogP contribution in [0.2, 0.25) is 0 Å². The summed E-state index contributed by atoms with van der Waals surface area (Å²) in [5.74, 6) is 0. The van der Waals surface area contributed by atoms with Gasteiger partial charge in [-0.25, -0.2) is 0 Å². The first-order valence-electron chi connectivity index (χ1n) is 7.48. The summed E-state index contributed by atoms with van der Waals surface area (Å²) in [5.41, 5.74) is 4.62. The van der Waals surface area contributed by atoms with Crippen LogP contribution in [0.4, 0.5) is 0 Å². The van der Waals surface area contributed by atoms with Crippen molar-refractivity contribution < 1.29 is 0 Å². The summed E-state index contributed by atoms with van der Waals surface area (Å²) in [7, 11) is 2.97. The van der Waals surface area contributed by atoms with E-state index >= 15 is 0 Å². The van der Waals surface area contributed by atoms with Gasteiger partial charge in [0.15, 0.2) is 0 Å². The van der Waals surface area contributed by atoms with Gasteiger partial charge in [-0.05, 0) is 38.1 Å². The molecule has 0 amide bonds. The normalized spacial score (nSPS) is 23.9. The molecule has 0 bridgehead atoms. The Hall–Kier alpha value is -1.11. The van der Waals surface area contributed by atoms with E-state index in [1.54, 1.807) is 0 Å². The van der Waals surface area contributed by atoms with Gasteiger partial charge in [0.2, 0.25) is 0 Å². The van der Waals surface area contributed by atoms with E-state index in [1.165, 1.54) is 48.0 Å². The first kappa shape index (κ1) is 13.9. The largest absolute Gasteiger partial charge is 0.361 e. The van der Waals surface area contributed by atoms with E-state index in [-0.39, 0.29) is 0 Å². The predicted molar refractivity (Wildman–Crippen MR) is 91.5 cm³/mol. The van der Waals surface area contributed by atoms with Crippen LogP contribution in [0.1, 0.15) is 30.9 Å². The van der Waals surface area contributed by atoms with Gasteiger partial charge in [0.1, 0.15) is 6.16 Å². The highest BCUT2D eigenvalue weighted by Crippen LogP contribution is 2.41. The highest BCUT2D eigenvalue weighted by atomic mass is 31.1. The zero-order valence-electron chi connectivity index (χ0n) is 12.5. The lowest BCUT2D eigenvalue weighted by Crippen LogP contribution is -2.28. The first-order chi connectivity index (χ1) is 9.70. The summed E-state index contributed by atoms with van der Waals surface area (Å²) in [6.07, 6.45) is 9.91. The Balaban J connectivity index is 2.18. The Morgan fingerprint density at radius 2 is 2.30 bits per heavy atom. The molecule has 2 atom stereocenters. The lowest BCUT2D eigenvalue weighted by Gasteiger charge is -2.28. The first-order valence-corrected chi connectivity index (χ1v) is 8.89. The maximum absolute atomic E-state index is 4.06. The molecule has 2 heterocycles. The smallest absolute Gasteiger partial charge is 0.129 e. The Morgan fingerprint density at radius 3 is 2.95 bits per heavy atom. The fraction of sp³-hybridized carbons (Fsp3) is 0.471. The van der Waals surface area contributed by atoms with Gasteiger partial charge in [0, 0.05) is 34.6 Å². The molecular weight excluding hydrogens is 263 g/mol. The second-order valence-corrected chi connectivity index (χ2v) is 6.94. The van der Waals surface area contributed by atoms with E-state index in [0.29, 0.717) is 5.41 Å². The topological polar surface area (TPSA) is 19.0 Å². The maximum Gasteiger partial charge on any atom is 0.129 e. The molecule has 1 fully saturated rings. The van der Waals surface area contributed by atoms with Gasteiger partial charge in [-0.2, -0.15) is 0 Å². The summed E-state index contributed by atoms with van der Waals surface area (Å²) in [5, 5.41) is 1.47. The second kappa shape index (κ2) is 5.35. The van der Waals surface area contributed by atoms with Crippen LogP contribution in [0.3, 0.4) is 0 Å². The fourth-order valence-corrected chi connectivity index (χ4v) is 4.30. The van der Waals surface area contributed by atoms with Gasteiger partial charge in [-0.1, -0.05) is 19.1 Å². The van der Waals surface area contributed by atoms with Crippen LogP contribution in [0.25, 0.3) is 10.9 Å². The number of hydrogen-bond acceptors (Lipinski definition) is 1. The van der Waals surface area contributed by atoms with Crippen molar-refractivity contribution in [2.24, 2.45) is 0 Å². The molecule has 106 valence electrons. The number of nitrogens with one attached hydrogen (secondary N) is 1. The fourth-order valence-electron chi connectivity index (χ4n) is 3.74. The molecule has 1 aliphatic heterocycles. The number of aromatic amines is 1. The minimum Gasteiger partial charge on any atom is -0.361 e. The van der Waals surface area contributed by atoms with Crippen molar-refractivity contribution in [2.45, 2.75) is 31.3 Å². The van der Waals surface area contributed by atoms with Crippen molar-refractivity contribution >= 4 is 25.4 Å². The van der Waals surface area contributed by atoms with Crippen molar-refractivity contribution in [3.8, 4) is 0 Å². The molecule has 0 spiro atoms. The molecule has 1 saturated heterocycles. The van der Waals surface area contributed by atoms with Crippen molar-refractivity contribution in [1.29, 1.82) is 0 Å². The Kier molecular flexibility index (Phi) is 3.70. The molecule has 3 rings (SSSR count). The third kappa shape index (κ3) is 2.12. The van der Waals surface area contributed by atoms with Crippen LogP contribution in [0, 0.1) is 0 Å². The van der Waals surface area contributed by atoms with Crippen LogP contribution in [0.15, 0.2) is 24.4 Å². The SMILES string of the molecule is C=[PH+]Cc1cccc2[nH]cc(C3(CC)CCN(C)C3)c12. The second-order valence-electron chi connectivity index (χ2n) is 6.09. The highest BCUT2D eigenvalue weighted by molar-refractivity contribution is 7.35. The standard InChI is InChI=1S/C17H23N2P/c1-4-17(8-9-19(2)12-17)14-10-18-15-7-5-6-13(11-20-3)16(14)15/h5-7,10,18H,3-4,8-9,11-12H2,1-2H3/p+1. The minimum absolute atomic E-state index is 0.327. The minimum atomic E-state index is 0.327. The molecule has 2 nitrogen and oxygen atoms in total. The zero-order chi connectivity index (χ0) is 14.2. The molecule has 1 N–H and O–H groups in total. The molecule has 1 aliphatic rings. The van der Waals surface area contributed by atoms with Crippen molar-refractivity contribution in [3.63, 3.8) is 0 Å². The van der Waals surface area contributed by atoms with E-state index in [1.807, 2.05) is 0 Å². The molecule has 20 heavy (non-hydrogen) atoms. The summed E-state index contributed by atoms with van der Waals surface area (Å²) in [6.45, 7) is 4.72. The van der Waals surface area contributed by atoms with E-state index in [4.69, 9.17) is 0 Å². The summed E-state index contributed by atoms with van der Waals surface area (Å²) < 4.78 is 0. The number of fused-ring (bicyclic) bond motifs is 1. The third-order valence-corrected chi connectivity index (χ3v) is 5.53. The molecule has 0 aliphatic carbocycles. The monoisotopic (exact) mass is 287 g/mol. The van der Waals surface area contributed by atoms with Gasteiger partial charge < -0.3 is 9.88 Å². The van der Waals surface area contributed by atoms with Crippen molar-refractivity contribution in [2.75, 3.05) is 20.1 Å². The third-order valence-electron chi connectivity index (χ3n) is 4.90. The van der Waals surface area contributed by atoms with Gasteiger partial charge in [-0.15, -0.1) is 0 Å². The number of H-pyrrole nitrogens is 1. The molecule has 3 heteroatoms. The highest BCUT2D eigenvalue weighted by Gasteiger charge is 2.38. The molecule has 1 aromatic carbocycles. The number of rotatable bonds is 4. The van der Waals surface area contributed by atoms with E-state index < -0.39 is 0 Å². The number of nitrogens with zero attached hydrogens (tertiary/aromatic N) is 1. The van der Waals surface area contributed by atoms with Crippen molar-refractivity contribution in [1.82, 2.24) is 9.88 Å². The Bertz CT molecular complexity index is 631. The van der Waals surface area contributed by atoms with Crippen LogP contribution < -0.4 is 0 Å². The molecule has 2 unspecified atom stereocenters. The van der Waals surface area contributed by atoms with Gasteiger partial charge in [0.25, 0.3) is 0 Å². The molecule has 0 radical (unpaired) electrons. The number of hydrogen-bond donors (Lipinski definition) is 1. The summed E-state index contributed by atoms with van der Waals surface area (Å²) in [6, 6.07) is 6.65. The Morgan fingerprint density at radius 1 is 1.45 bits per heavy atom. The average molecular weight is 287 g/mol.